The van der Waals surface area contributed by atoms with Crippen LogP contribution in [0.3, 0.4) is 0 Å². The summed E-state index contributed by atoms with van der Waals surface area (Å²) in [6.45, 7) is 3.67. The third-order valence-electron chi connectivity index (χ3n) is 4.06. The van der Waals surface area contributed by atoms with Crippen LogP contribution in [-0.4, -0.2) is 27.9 Å². The van der Waals surface area contributed by atoms with Gasteiger partial charge in [0.15, 0.2) is 4.91 Å². The third-order valence-corrected chi connectivity index (χ3v) is 6.13. The molecule has 5 nitrogen and oxygen atoms in total. The molecule has 0 aliphatic carbocycles. The van der Waals surface area contributed by atoms with E-state index in [9.17, 15) is 13.2 Å². The highest BCUT2D eigenvalue weighted by atomic mass is 35.5. The number of carbonyl (C=O) groups excluding carboxylic acids is 1. The van der Waals surface area contributed by atoms with E-state index in [4.69, 9.17) is 11.6 Å². The number of anilines is 1. The Balaban J connectivity index is 2.47. The standard InChI is InChI=1S/C19H17ClN2O3S/c1-3-11-22-16-10-9-14(20)12-15(16)17(13-7-5-4-6-8-13)18(19(23)21-2)26(22,24)25/h3-10,12H,1,11H2,2H3,(H,21,23). The zero-order valence-corrected chi connectivity index (χ0v) is 15.6. The second kappa shape index (κ2) is 6.97. The van der Waals surface area contributed by atoms with E-state index in [1.807, 2.05) is 6.07 Å². The fourth-order valence-electron chi connectivity index (χ4n) is 2.97. The highest BCUT2D eigenvalue weighted by molar-refractivity contribution is 7.97. The third kappa shape index (κ3) is 2.91. The van der Waals surface area contributed by atoms with Crippen molar-refractivity contribution in [1.82, 2.24) is 5.32 Å². The van der Waals surface area contributed by atoms with Crippen LogP contribution in [0.1, 0.15) is 11.1 Å². The molecular weight excluding hydrogens is 372 g/mol. The minimum absolute atomic E-state index is 0.0412. The van der Waals surface area contributed by atoms with E-state index in [1.165, 1.54) is 17.4 Å². The van der Waals surface area contributed by atoms with Crippen LogP contribution in [-0.2, 0) is 14.8 Å². The zero-order valence-electron chi connectivity index (χ0n) is 14.1. The maximum Gasteiger partial charge on any atom is 0.270 e. The van der Waals surface area contributed by atoms with Crippen molar-refractivity contribution in [2.24, 2.45) is 0 Å². The fraction of sp³-hybridized carbons (Fsp3) is 0.105. The van der Waals surface area contributed by atoms with Crippen LogP contribution in [0.5, 0.6) is 0 Å². The molecule has 0 radical (unpaired) electrons. The van der Waals surface area contributed by atoms with Gasteiger partial charge in [0, 0.05) is 23.2 Å². The molecule has 0 unspecified atom stereocenters. The van der Waals surface area contributed by atoms with Crippen molar-refractivity contribution in [2.45, 2.75) is 0 Å². The summed E-state index contributed by atoms with van der Waals surface area (Å²) in [6, 6.07) is 13.9. The minimum Gasteiger partial charge on any atom is -0.354 e. The van der Waals surface area contributed by atoms with E-state index in [2.05, 4.69) is 11.9 Å². The van der Waals surface area contributed by atoms with Crippen molar-refractivity contribution in [3.05, 3.63) is 82.2 Å². The lowest BCUT2D eigenvalue weighted by atomic mass is 9.95. The average molecular weight is 389 g/mol. The van der Waals surface area contributed by atoms with Crippen LogP contribution in [0.15, 0.2) is 66.1 Å². The van der Waals surface area contributed by atoms with Gasteiger partial charge in [-0.1, -0.05) is 48.0 Å². The predicted octanol–water partition coefficient (Wildman–Crippen LogP) is 3.18. The average Bonchev–Trinajstić information content (AvgIpc) is 2.63. The van der Waals surface area contributed by atoms with Crippen LogP contribution in [0.4, 0.5) is 5.69 Å². The number of hydrogen-bond acceptors (Lipinski definition) is 3. The summed E-state index contributed by atoms with van der Waals surface area (Å²) < 4.78 is 27.7. The summed E-state index contributed by atoms with van der Waals surface area (Å²) in [5.74, 6) is -0.677. The quantitative estimate of drug-likeness (QED) is 0.818. The Hall–Kier alpha value is -2.57. The van der Waals surface area contributed by atoms with Gasteiger partial charge in [-0.3, -0.25) is 9.10 Å². The zero-order chi connectivity index (χ0) is 18.9. The van der Waals surface area contributed by atoms with Crippen molar-refractivity contribution in [1.29, 1.82) is 0 Å². The summed E-state index contributed by atoms with van der Waals surface area (Å²) in [5.41, 5.74) is 2.00. The van der Waals surface area contributed by atoms with Gasteiger partial charge in [-0.2, -0.15) is 0 Å². The van der Waals surface area contributed by atoms with Crippen LogP contribution in [0, 0.1) is 0 Å². The van der Waals surface area contributed by atoms with Crippen molar-refractivity contribution >= 4 is 38.8 Å². The van der Waals surface area contributed by atoms with Crippen molar-refractivity contribution in [2.75, 3.05) is 17.9 Å². The molecule has 0 aromatic heterocycles. The number of likely N-dealkylation sites (N-methyl/N-ethyl adjacent to an activating group) is 1. The molecule has 0 bridgehead atoms. The molecule has 3 rings (SSSR count). The maximum absolute atomic E-state index is 13.3. The topological polar surface area (TPSA) is 66.5 Å². The number of amides is 1. The second-order valence-corrected chi connectivity index (χ2v) is 7.87. The van der Waals surface area contributed by atoms with Gasteiger partial charge < -0.3 is 5.32 Å². The van der Waals surface area contributed by atoms with Gasteiger partial charge in [0.1, 0.15) is 0 Å². The summed E-state index contributed by atoms with van der Waals surface area (Å²) in [4.78, 5) is 12.3. The number of rotatable bonds is 4. The number of carbonyl (C=O) groups is 1. The van der Waals surface area contributed by atoms with Crippen molar-refractivity contribution in [3.63, 3.8) is 0 Å². The molecule has 2 aromatic carbocycles. The van der Waals surface area contributed by atoms with Crippen molar-refractivity contribution < 1.29 is 13.2 Å². The normalized spacial score (nSPS) is 15.4. The number of nitrogens with zero attached hydrogens (tertiary/aromatic N) is 1. The lowest BCUT2D eigenvalue weighted by Crippen LogP contribution is -2.40. The SMILES string of the molecule is C=CCN1c2ccc(Cl)cc2C(c2ccccc2)=C(C(=O)NC)S1(=O)=O. The number of nitrogens with one attached hydrogen (secondary N) is 1. The van der Waals surface area contributed by atoms with Gasteiger partial charge in [0.05, 0.1) is 12.2 Å². The Morgan fingerprint density at radius 2 is 1.92 bits per heavy atom. The monoisotopic (exact) mass is 388 g/mol. The Kier molecular flexibility index (Phi) is 4.89. The molecule has 0 saturated heterocycles. The Labute approximate surface area is 157 Å². The first-order chi connectivity index (χ1) is 12.4. The van der Waals surface area contributed by atoms with Crippen LogP contribution in [0.25, 0.3) is 5.57 Å². The van der Waals surface area contributed by atoms with Crippen LogP contribution >= 0.6 is 11.6 Å². The molecule has 1 aliphatic heterocycles. The Morgan fingerprint density at radius 1 is 1.23 bits per heavy atom. The lowest BCUT2D eigenvalue weighted by Gasteiger charge is -2.32. The first kappa shape index (κ1) is 18.2. The van der Waals surface area contributed by atoms with E-state index in [0.29, 0.717) is 27.4 Å². The van der Waals surface area contributed by atoms with E-state index < -0.39 is 15.9 Å². The summed E-state index contributed by atoms with van der Waals surface area (Å²) in [5, 5.41) is 2.89. The molecular formula is C19H17ClN2O3S. The highest BCUT2D eigenvalue weighted by Gasteiger charge is 2.40. The molecule has 1 aliphatic rings. The Bertz CT molecular complexity index is 1010. The Morgan fingerprint density at radius 3 is 2.54 bits per heavy atom. The summed E-state index contributed by atoms with van der Waals surface area (Å²) in [7, 11) is -2.67. The van der Waals surface area contributed by atoms with Gasteiger partial charge in [-0.25, -0.2) is 8.42 Å². The molecule has 7 heteroatoms. The highest BCUT2D eigenvalue weighted by Crippen LogP contribution is 2.43. The largest absolute Gasteiger partial charge is 0.354 e. The van der Waals surface area contributed by atoms with E-state index in [0.717, 1.165) is 0 Å². The molecule has 0 spiro atoms. The minimum atomic E-state index is -4.07. The number of sulfonamides is 1. The van der Waals surface area contributed by atoms with Crippen LogP contribution < -0.4 is 9.62 Å². The second-order valence-electron chi connectivity index (χ2n) is 5.64. The van der Waals surface area contributed by atoms with Gasteiger partial charge in [-0.05, 0) is 23.8 Å². The van der Waals surface area contributed by atoms with Crippen molar-refractivity contribution in [3.8, 4) is 0 Å². The molecule has 0 saturated carbocycles. The van der Waals surface area contributed by atoms with E-state index in [-0.39, 0.29) is 11.4 Å². The maximum atomic E-state index is 13.3. The molecule has 2 aromatic rings. The smallest absolute Gasteiger partial charge is 0.270 e. The number of hydrogen-bond donors (Lipinski definition) is 1. The van der Waals surface area contributed by atoms with E-state index >= 15 is 0 Å². The van der Waals surface area contributed by atoms with Gasteiger partial charge >= 0.3 is 0 Å². The predicted molar refractivity (Wildman–Crippen MR) is 104 cm³/mol. The molecule has 1 heterocycles. The number of halogens is 1. The summed E-state index contributed by atoms with van der Waals surface area (Å²) in [6.07, 6.45) is 1.48. The molecule has 1 amide bonds. The number of fused-ring (bicyclic) bond motifs is 1. The molecule has 0 fully saturated rings. The fourth-order valence-corrected chi connectivity index (χ4v) is 4.90. The van der Waals surface area contributed by atoms with Crippen LogP contribution in [0.2, 0.25) is 5.02 Å². The van der Waals surface area contributed by atoms with E-state index in [1.54, 1.807) is 42.5 Å². The molecule has 134 valence electrons. The van der Waals surface area contributed by atoms with Gasteiger partial charge in [0.25, 0.3) is 15.9 Å². The number of benzene rings is 2. The first-order valence-corrected chi connectivity index (χ1v) is 9.69. The van der Waals surface area contributed by atoms with Gasteiger partial charge in [0.2, 0.25) is 0 Å². The molecule has 0 atom stereocenters. The molecule has 1 N–H and O–H groups in total. The molecule has 26 heavy (non-hydrogen) atoms. The first-order valence-electron chi connectivity index (χ1n) is 7.87. The summed E-state index contributed by atoms with van der Waals surface area (Å²) >= 11 is 6.18. The lowest BCUT2D eigenvalue weighted by molar-refractivity contribution is -0.116. The van der Waals surface area contributed by atoms with Gasteiger partial charge in [-0.15, -0.1) is 6.58 Å².